The minimum atomic E-state index is -0.587. The van der Waals surface area contributed by atoms with Gasteiger partial charge in [-0.2, -0.15) is 0 Å². The summed E-state index contributed by atoms with van der Waals surface area (Å²) in [5, 5.41) is 13.5. The predicted octanol–water partition coefficient (Wildman–Crippen LogP) is 2.54. The van der Waals surface area contributed by atoms with E-state index in [-0.39, 0.29) is 33.1 Å². The molecule has 0 radical (unpaired) electrons. The van der Waals surface area contributed by atoms with Gasteiger partial charge in [0.1, 0.15) is 11.5 Å². The van der Waals surface area contributed by atoms with E-state index in [2.05, 4.69) is 25.6 Å². The Kier molecular flexibility index (Phi) is 2.93. The second kappa shape index (κ2) is 4.25. The Bertz CT molecular complexity index is 571. The molecular weight excluding hydrogens is 295 g/mol. The maximum atomic E-state index is 13.6. The molecule has 0 saturated carbocycles. The number of rotatable bonds is 2. The van der Waals surface area contributed by atoms with Crippen molar-refractivity contribution < 1.29 is 18.8 Å². The molecule has 0 aliphatic heterocycles. The lowest BCUT2D eigenvalue weighted by Gasteiger charge is -2.09. The zero-order chi connectivity index (χ0) is 12.6. The van der Waals surface area contributed by atoms with Crippen molar-refractivity contribution in [1.82, 2.24) is 5.16 Å². The number of aromatic nitrogens is 1. The molecule has 17 heavy (non-hydrogen) atoms. The first-order valence-corrected chi connectivity index (χ1v) is 5.31. The van der Waals surface area contributed by atoms with Crippen LogP contribution >= 0.6 is 15.9 Å². The number of halogens is 2. The van der Waals surface area contributed by atoms with E-state index in [0.717, 1.165) is 6.07 Å². The first kappa shape index (κ1) is 11.7. The maximum absolute atomic E-state index is 13.6. The van der Waals surface area contributed by atoms with Crippen LogP contribution in [0.2, 0.25) is 0 Å². The van der Waals surface area contributed by atoms with E-state index >= 15 is 0 Å². The summed E-state index contributed by atoms with van der Waals surface area (Å²) in [4.78, 5) is 0. The molecule has 0 amide bonds. The van der Waals surface area contributed by atoms with Crippen LogP contribution in [0.1, 0.15) is 0 Å². The van der Waals surface area contributed by atoms with Crippen LogP contribution in [0.25, 0.3) is 11.3 Å². The largest absolute Gasteiger partial charge is 0.504 e. The van der Waals surface area contributed by atoms with E-state index in [0.29, 0.717) is 0 Å². The van der Waals surface area contributed by atoms with E-state index < -0.39 is 5.82 Å². The van der Waals surface area contributed by atoms with Crippen molar-refractivity contribution in [3.63, 3.8) is 0 Å². The van der Waals surface area contributed by atoms with Crippen LogP contribution in [0.4, 0.5) is 10.3 Å². The molecule has 0 spiro atoms. The highest BCUT2D eigenvalue weighted by molar-refractivity contribution is 9.10. The summed E-state index contributed by atoms with van der Waals surface area (Å²) in [6, 6.07) is 2.44. The van der Waals surface area contributed by atoms with E-state index in [1.54, 1.807) is 0 Å². The number of nitrogens with zero attached hydrogens (tertiary/aromatic N) is 1. The smallest absolute Gasteiger partial charge is 0.222 e. The summed E-state index contributed by atoms with van der Waals surface area (Å²) in [7, 11) is 1.32. The van der Waals surface area contributed by atoms with Gasteiger partial charge in [0.25, 0.3) is 0 Å². The van der Waals surface area contributed by atoms with Crippen molar-refractivity contribution in [3.05, 3.63) is 22.4 Å². The number of nitrogen functional groups attached to an aromatic ring is 1. The van der Waals surface area contributed by atoms with Crippen LogP contribution in [-0.2, 0) is 0 Å². The van der Waals surface area contributed by atoms with Gasteiger partial charge >= 0.3 is 0 Å². The van der Waals surface area contributed by atoms with Gasteiger partial charge in [0.05, 0.1) is 17.1 Å². The Morgan fingerprint density at radius 2 is 2.24 bits per heavy atom. The van der Waals surface area contributed by atoms with Crippen molar-refractivity contribution in [3.8, 4) is 22.8 Å². The number of ether oxygens (including phenoxy) is 1. The maximum Gasteiger partial charge on any atom is 0.222 e. The molecular formula is C10H8BrFN2O3. The lowest BCUT2D eigenvalue weighted by atomic mass is 10.1. The standard InChI is InChI=1S/C10H8BrFN2O3/c1-16-6-2-4(12)9(11)8(10(6)15)5-3-7(13)17-14-5/h2-3,15H,13H2,1H3. The molecule has 0 atom stereocenters. The quantitative estimate of drug-likeness (QED) is 0.891. The summed E-state index contributed by atoms with van der Waals surface area (Å²) >= 11 is 3.03. The normalized spacial score (nSPS) is 10.5. The Morgan fingerprint density at radius 3 is 2.76 bits per heavy atom. The lowest BCUT2D eigenvalue weighted by molar-refractivity contribution is 0.370. The molecule has 3 N–H and O–H groups in total. The summed E-state index contributed by atoms with van der Waals surface area (Å²) in [6.07, 6.45) is 0. The Morgan fingerprint density at radius 1 is 1.53 bits per heavy atom. The van der Waals surface area contributed by atoms with Crippen molar-refractivity contribution in [2.24, 2.45) is 0 Å². The van der Waals surface area contributed by atoms with E-state index in [1.807, 2.05) is 0 Å². The van der Waals surface area contributed by atoms with Crippen molar-refractivity contribution >= 4 is 21.8 Å². The molecule has 0 saturated heterocycles. The highest BCUT2D eigenvalue weighted by atomic mass is 79.9. The predicted molar refractivity (Wildman–Crippen MR) is 62.2 cm³/mol. The molecule has 0 fully saturated rings. The molecule has 1 aromatic heterocycles. The zero-order valence-electron chi connectivity index (χ0n) is 8.70. The second-order valence-corrected chi connectivity index (χ2v) is 4.01. The Labute approximate surface area is 104 Å². The number of hydrogen-bond donors (Lipinski definition) is 2. The molecule has 5 nitrogen and oxygen atoms in total. The van der Waals surface area contributed by atoms with Crippen molar-refractivity contribution in [2.45, 2.75) is 0 Å². The topological polar surface area (TPSA) is 81.5 Å². The van der Waals surface area contributed by atoms with Gasteiger partial charge in [-0.25, -0.2) is 4.39 Å². The average molecular weight is 303 g/mol. The first-order chi connectivity index (χ1) is 8.04. The van der Waals surface area contributed by atoms with Gasteiger partial charge < -0.3 is 20.1 Å². The number of hydrogen-bond acceptors (Lipinski definition) is 5. The first-order valence-electron chi connectivity index (χ1n) is 4.52. The fraction of sp³-hybridized carbons (Fsp3) is 0.100. The van der Waals surface area contributed by atoms with Gasteiger partial charge in [0.15, 0.2) is 11.5 Å². The van der Waals surface area contributed by atoms with Crippen LogP contribution in [0.5, 0.6) is 11.5 Å². The summed E-state index contributed by atoms with van der Waals surface area (Å²) in [5.41, 5.74) is 5.71. The highest BCUT2D eigenvalue weighted by Crippen LogP contribution is 2.43. The number of benzene rings is 1. The van der Waals surface area contributed by atoms with Crippen LogP contribution < -0.4 is 10.5 Å². The minimum Gasteiger partial charge on any atom is -0.504 e. The molecule has 0 bridgehead atoms. The Balaban J connectivity index is 2.71. The van der Waals surface area contributed by atoms with Crippen LogP contribution in [-0.4, -0.2) is 17.4 Å². The summed E-state index contributed by atoms with van der Waals surface area (Å²) < 4.78 is 23.2. The average Bonchev–Trinajstić information content (AvgIpc) is 2.70. The number of aromatic hydroxyl groups is 1. The summed E-state index contributed by atoms with van der Waals surface area (Å²) in [6.45, 7) is 0. The van der Waals surface area contributed by atoms with Crippen LogP contribution in [0, 0.1) is 5.82 Å². The number of phenols is 1. The van der Waals surface area contributed by atoms with Crippen LogP contribution in [0.15, 0.2) is 21.1 Å². The van der Waals surface area contributed by atoms with Gasteiger partial charge in [0, 0.05) is 12.1 Å². The molecule has 1 heterocycles. The van der Waals surface area contributed by atoms with E-state index in [1.165, 1.54) is 13.2 Å². The van der Waals surface area contributed by atoms with Crippen molar-refractivity contribution in [2.75, 3.05) is 12.8 Å². The summed E-state index contributed by atoms with van der Waals surface area (Å²) in [5.74, 6) is -0.762. The van der Waals surface area contributed by atoms with E-state index in [9.17, 15) is 9.50 Å². The van der Waals surface area contributed by atoms with Gasteiger partial charge in [-0.15, -0.1) is 0 Å². The lowest BCUT2D eigenvalue weighted by Crippen LogP contribution is -1.91. The van der Waals surface area contributed by atoms with Gasteiger partial charge in [-0.1, -0.05) is 5.16 Å². The number of anilines is 1. The van der Waals surface area contributed by atoms with E-state index in [4.69, 9.17) is 10.5 Å². The van der Waals surface area contributed by atoms with Crippen molar-refractivity contribution in [1.29, 1.82) is 0 Å². The van der Waals surface area contributed by atoms with Crippen LogP contribution in [0.3, 0.4) is 0 Å². The minimum absolute atomic E-state index is 0.00210. The monoisotopic (exact) mass is 302 g/mol. The number of phenolic OH excluding ortho intramolecular Hbond substituents is 1. The third-order valence-electron chi connectivity index (χ3n) is 2.16. The molecule has 2 rings (SSSR count). The zero-order valence-corrected chi connectivity index (χ0v) is 10.3. The molecule has 1 aromatic carbocycles. The third kappa shape index (κ3) is 1.93. The Hall–Kier alpha value is -1.76. The second-order valence-electron chi connectivity index (χ2n) is 3.21. The highest BCUT2D eigenvalue weighted by Gasteiger charge is 2.21. The fourth-order valence-electron chi connectivity index (χ4n) is 1.39. The molecule has 90 valence electrons. The fourth-order valence-corrected chi connectivity index (χ4v) is 1.90. The molecule has 2 aromatic rings. The van der Waals surface area contributed by atoms with Gasteiger partial charge in [-0.05, 0) is 15.9 Å². The van der Waals surface area contributed by atoms with Gasteiger partial charge in [-0.3, -0.25) is 0 Å². The third-order valence-corrected chi connectivity index (χ3v) is 2.94. The molecule has 7 heteroatoms. The number of nitrogens with two attached hydrogens (primary N) is 1. The van der Waals surface area contributed by atoms with Gasteiger partial charge in [0.2, 0.25) is 5.88 Å². The molecule has 0 aliphatic rings. The number of methoxy groups -OCH3 is 1. The molecule has 0 aliphatic carbocycles. The molecule has 0 unspecified atom stereocenters. The SMILES string of the molecule is COc1cc(F)c(Br)c(-c2cc(N)on2)c1O.